The fourth-order valence-corrected chi connectivity index (χ4v) is 4.59. The second kappa shape index (κ2) is 11.1. The summed E-state index contributed by atoms with van der Waals surface area (Å²) in [5.74, 6) is 2.20. The van der Waals surface area contributed by atoms with Gasteiger partial charge in [0, 0.05) is 39.0 Å². The Balaban J connectivity index is 1.72. The maximum Gasteiger partial charge on any atom is 0.222 e. The van der Waals surface area contributed by atoms with Gasteiger partial charge in [0.15, 0.2) is 5.65 Å². The number of benzene rings is 1. The van der Waals surface area contributed by atoms with E-state index in [9.17, 15) is 9.18 Å². The van der Waals surface area contributed by atoms with Gasteiger partial charge in [-0.2, -0.15) is 5.10 Å². The molecule has 2 aromatic heterocycles. The van der Waals surface area contributed by atoms with Gasteiger partial charge in [0.05, 0.1) is 16.8 Å². The van der Waals surface area contributed by atoms with Crippen molar-refractivity contribution in [3.05, 3.63) is 41.6 Å². The van der Waals surface area contributed by atoms with Crippen LogP contribution in [0, 0.1) is 18.7 Å². The van der Waals surface area contributed by atoms with Gasteiger partial charge in [0.25, 0.3) is 0 Å². The fourth-order valence-electron chi connectivity index (χ4n) is 4.59. The predicted molar refractivity (Wildman–Crippen MR) is 137 cm³/mol. The minimum atomic E-state index is -0.280. The molecule has 3 heterocycles. The standard InChI is InChI=1S/C27H37FN6O/c1-5-6-8-24(35)32-15-7-16-33(18-17-32)26-25-20(4)31-34(22-12-10-21(28)11-13-22)27(25)30-23(29-26)14-9-19(2)3/h10-13,19H,5-9,14-18H2,1-4H3. The van der Waals surface area contributed by atoms with Gasteiger partial charge in [-0.1, -0.05) is 27.2 Å². The first-order valence-corrected chi connectivity index (χ1v) is 12.9. The van der Waals surface area contributed by atoms with Crippen LogP contribution < -0.4 is 4.90 Å². The quantitative estimate of drug-likeness (QED) is 0.450. The Morgan fingerprint density at radius 3 is 2.57 bits per heavy atom. The van der Waals surface area contributed by atoms with E-state index in [2.05, 4.69) is 25.7 Å². The summed E-state index contributed by atoms with van der Waals surface area (Å²) in [6.07, 6.45) is 5.26. The SMILES string of the molecule is CCCCC(=O)N1CCCN(c2nc(CCC(C)C)nc3c2c(C)nn3-c2ccc(F)cc2)CC1. The van der Waals surface area contributed by atoms with Crippen LogP contribution >= 0.6 is 0 Å². The van der Waals surface area contributed by atoms with Crippen molar-refractivity contribution in [3.8, 4) is 5.69 Å². The van der Waals surface area contributed by atoms with Crippen molar-refractivity contribution in [2.24, 2.45) is 5.92 Å². The van der Waals surface area contributed by atoms with Crippen molar-refractivity contribution in [1.82, 2.24) is 24.6 Å². The second-order valence-corrected chi connectivity index (χ2v) is 9.89. The highest BCUT2D eigenvalue weighted by atomic mass is 19.1. The number of rotatable bonds is 8. The van der Waals surface area contributed by atoms with Crippen molar-refractivity contribution in [1.29, 1.82) is 0 Å². The summed E-state index contributed by atoms with van der Waals surface area (Å²) in [6.45, 7) is 11.5. The maximum atomic E-state index is 13.6. The third kappa shape index (κ3) is 5.80. The molecule has 1 aliphatic rings. The zero-order valence-electron chi connectivity index (χ0n) is 21.4. The minimum Gasteiger partial charge on any atom is -0.354 e. The van der Waals surface area contributed by atoms with Crippen LogP contribution in [0.4, 0.5) is 10.2 Å². The number of hydrogen-bond donors (Lipinski definition) is 0. The Labute approximate surface area is 207 Å². The number of nitrogens with zero attached hydrogens (tertiary/aromatic N) is 6. The van der Waals surface area contributed by atoms with E-state index in [0.29, 0.717) is 18.9 Å². The van der Waals surface area contributed by atoms with Crippen LogP contribution in [0.1, 0.15) is 64.4 Å². The number of carbonyl (C=O) groups excluding carboxylic acids is 1. The molecule has 0 atom stereocenters. The first-order chi connectivity index (χ1) is 16.9. The first kappa shape index (κ1) is 25.1. The third-order valence-corrected chi connectivity index (χ3v) is 6.64. The Bertz CT molecular complexity index is 1160. The second-order valence-electron chi connectivity index (χ2n) is 9.89. The van der Waals surface area contributed by atoms with E-state index in [1.807, 2.05) is 11.8 Å². The number of carbonyl (C=O) groups is 1. The van der Waals surface area contributed by atoms with E-state index in [-0.39, 0.29) is 11.7 Å². The molecule has 1 fully saturated rings. The van der Waals surface area contributed by atoms with Crippen molar-refractivity contribution in [2.45, 2.75) is 66.2 Å². The molecule has 4 rings (SSSR count). The molecule has 1 saturated heterocycles. The zero-order chi connectivity index (χ0) is 24.9. The van der Waals surface area contributed by atoms with Gasteiger partial charge in [0.2, 0.25) is 5.91 Å². The van der Waals surface area contributed by atoms with Crippen LogP contribution in [-0.4, -0.2) is 56.7 Å². The number of anilines is 1. The average Bonchev–Trinajstić information content (AvgIpc) is 3.01. The lowest BCUT2D eigenvalue weighted by atomic mass is 10.1. The molecule has 0 spiro atoms. The van der Waals surface area contributed by atoms with Gasteiger partial charge in [-0.05, 0) is 56.4 Å². The van der Waals surface area contributed by atoms with Crippen molar-refractivity contribution in [2.75, 3.05) is 31.1 Å². The summed E-state index contributed by atoms with van der Waals surface area (Å²) >= 11 is 0. The molecule has 0 radical (unpaired) electrons. The molecule has 0 unspecified atom stereocenters. The molecule has 1 amide bonds. The molecule has 3 aromatic rings. The Morgan fingerprint density at radius 1 is 1.09 bits per heavy atom. The lowest BCUT2D eigenvalue weighted by Crippen LogP contribution is -2.35. The molecule has 0 saturated carbocycles. The Hall–Kier alpha value is -3.03. The van der Waals surface area contributed by atoms with Crippen molar-refractivity contribution in [3.63, 3.8) is 0 Å². The van der Waals surface area contributed by atoms with E-state index < -0.39 is 0 Å². The fraction of sp³-hybridized carbons (Fsp3) is 0.556. The molecule has 0 bridgehead atoms. The van der Waals surface area contributed by atoms with E-state index >= 15 is 0 Å². The Kier molecular flexibility index (Phi) is 7.98. The summed E-state index contributed by atoms with van der Waals surface area (Å²) in [4.78, 5) is 26.9. The topological polar surface area (TPSA) is 67.2 Å². The normalized spacial score (nSPS) is 14.7. The molecule has 1 aliphatic heterocycles. The molecule has 188 valence electrons. The average molecular weight is 481 g/mol. The largest absolute Gasteiger partial charge is 0.354 e. The van der Waals surface area contributed by atoms with Crippen LogP contribution in [0.2, 0.25) is 0 Å². The van der Waals surface area contributed by atoms with Crippen LogP contribution in [0.25, 0.3) is 16.7 Å². The number of aromatic nitrogens is 4. The van der Waals surface area contributed by atoms with E-state index in [1.165, 1.54) is 12.1 Å². The number of hydrogen-bond acceptors (Lipinski definition) is 5. The smallest absolute Gasteiger partial charge is 0.222 e. The van der Waals surface area contributed by atoms with Gasteiger partial charge in [-0.25, -0.2) is 19.0 Å². The monoisotopic (exact) mass is 480 g/mol. The number of amides is 1. The molecule has 0 aliphatic carbocycles. The van der Waals surface area contributed by atoms with Crippen LogP contribution in [0.5, 0.6) is 0 Å². The highest BCUT2D eigenvalue weighted by Gasteiger charge is 2.25. The molecule has 0 N–H and O–H groups in total. The zero-order valence-corrected chi connectivity index (χ0v) is 21.4. The van der Waals surface area contributed by atoms with Crippen LogP contribution in [0.3, 0.4) is 0 Å². The molecule has 7 nitrogen and oxygen atoms in total. The molecule has 1 aromatic carbocycles. The molecule has 35 heavy (non-hydrogen) atoms. The highest BCUT2D eigenvalue weighted by Crippen LogP contribution is 2.30. The van der Waals surface area contributed by atoms with Gasteiger partial charge in [0.1, 0.15) is 17.5 Å². The van der Waals surface area contributed by atoms with E-state index in [4.69, 9.17) is 15.1 Å². The number of fused-ring (bicyclic) bond motifs is 1. The lowest BCUT2D eigenvalue weighted by Gasteiger charge is -2.24. The number of unbranched alkanes of at least 4 members (excludes halogenated alkanes) is 1. The lowest BCUT2D eigenvalue weighted by molar-refractivity contribution is -0.131. The van der Waals surface area contributed by atoms with Crippen LogP contribution in [-0.2, 0) is 11.2 Å². The van der Waals surface area contributed by atoms with Gasteiger partial charge in [-0.3, -0.25) is 4.79 Å². The van der Waals surface area contributed by atoms with Gasteiger partial charge in [-0.15, -0.1) is 0 Å². The highest BCUT2D eigenvalue weighted by molar-refractivity contribution is 5.91. The van der Waals surface area contributed by atoms with E-state index in [1.54, 1.807) is 16.8 Å². The predicted octanol–water partition coefficient (Wildman–Crippen LogP) is 5.08. The van der Waals surface area contributed by atoms with Crippen LogP contribution in [0.15, 0.2) is 24.3 Å². The summed E-state index contributed by atoms with van der Waals surface area (Å²) in [5, 5.41) is 5.71. The van der Waals surface area contributed by atoms with Gasteiger partial charge >= 0.3 is 0 Å². The maximum absolute atomic E-state index is 13.6. The Morgan fingerprint density at radius 2 is 1.86 bits per heavy atom. The van der Waals surface area contributed by atoms with Crippen molar-refractivity contribution >= 4 is 22.8 Å². The van der Waals surface area contributed by atoms with E-state index in [0.717, 1.165) is 85.8 Å². The first-order valence-electron chi connectivity index (χ1n) is 12.9. The number of aryl methyl sites for hydroxylation is 2. The number of halogens is 1. The molecular weight excluding hydrogens is 443 g/mol. The van der Waals surface area contributed by atoms with Crippen molar-refractivity contribution < 1.29 is 9.18 Å². The molecule has 8 heteroatoms. The van der Waals surface area contributed by atoms with Gasteiger partial charge < -0.3 is 9.80 Å². The third-order valence-electron chi connectivity index (χ3n) is 6.64. The summed E-state index contributed by atoms with van der Waals surface area (Å²) in [7, 11) is 0. The summed E-state index contributed by atoms with van der Waals surface area (Å²) < 4.78 is 15.4. The molecular formula is C27H37FN6O. The summed E-state index contributed by atoms with van der Waals surface area (Å²) in [6, 6.07) is 6.34. The minimum absolute atomic E-state index is 0.250. The summed E-state index contributed by atoms with van der Waals surface area (Å²) in [5.41, 5.74) is 2.36.